The third kappa shape index (κ3) is 7.50. The molecule has 3 amide bonds. The molecule has 0 bridgehead atoms. The van der Waals surface area contributed by atoms with Crippen LogP contribution in [-0.4, -0.2) is 44.3 Å². The standard InChI is InChI=1S/C23H29N3O6/c1-23(2,3)32-22(29)24-14-13-19(27)25-15-9-11-16(12-10-15)26-21(28)20-17(30-4)7-6-8-18(20)31-5/h6-12H,13-14H2,1-5H3,(H,24,29)(H,25,27)(H,26,28). The summed E-state index contributed by atoms with van der Waals surface area (Å²) in [4.78, 5) is 36.4. The molecule has 0 atom stereocenters. The number of rotatable bonds is 8. The Morgan fingerprint density at radius 3 is 1.88 bits per heavy atom. The zero-order chi connectivity index (χ0) is 23.7. The first-order valence-electron chi connectivity index (χ1n) is 10.0. The van der Waals surface area contributed by atoms with Gasteiger partial charge in [-0.1, -0.05) is 6.07 Å². The molecule has 0 spiro atoms. The van der Waals surface area contributed by atoms with Gasteiger partial charge in [-0.3, -0.25) is 9.59 Å². The minimum absolute atomic E-state index is 0.0886. The minimum atomic E-state index is -0.597. The average molecular weight is 444 g/mol. The van der Waals surface area contributed by atoms with Crippen molar-refractivity contribution in [3.8, 4) is 11.5 Å². The number of ether oxygens (including phenoxy) is 3. The van der Waals surface area contributed by atoms with Crippen molar-refractivity contribution in [2.24, 2.45) is 0 Å². The first-order chi connectivity index (χ1) is 15.1. The van der Waals surface area contributed by atoms with E-state index in [9.17, 15) is 14.4 Å². The molecule has 0 aliphatic carbocycles. The minimum Gasteiger partial charge on any atom is -0.496 e. The van der Waals surface area contributed by atoms with E-state index in [1.54, 1.807) is 63.2 Å². The van der Waals surface area contributed by atoms with Crippen LogP contribution in [-0.2, 0) is 9.53 Å². The Labute approximate surface area is 187 Å². The van der Waals surface area contributed by atoms with E-state index in [0.29, 0.717) is 22.9 Å². The molecule has 0 saturated heterocycles. The summed E-state index contributed by atoms with van der Waals surface area (Å²) in [6.07, 6.45) is -0.484. The number of nitrogens with one attached hydrogen (secondary N) is 3. The first kappa shape index (κ1) is 24.5. The summed E-state index contributed by atoms with van der Waals surface area (Å²) in [6.45, 7) is 5.43. The fourth-order valence-corrected chi connectivity index (χ4v) is 2.72. The molecule has 0 unspecified atom stereocenters. The van der Waals surface area contributed by atoms with Gasteiger partial charge in [0.05, 0.1) is 14.2 Å². The van der Waals surface area contributed by atoms with E-state index in [1.807, 2.05) is 0 Å². The maximum atomic E-state index is 12.7. The van der Waals surface area contributed by atoms with Crippen LogP contribution in [0.25, 0.3) is 0 Å². The molecule has 2 aromatic rings. The topological polar surface area (TPSA) is 115 Å². The average Bonchev–Trinajstić information content (AvgIpc) is 2.73. The highest BCUT2D eigenvalue weighted by molar-refractivity contribution is 6.08. The predicted octanol–water partition coefficient (Wildman–Crippen LogP) is 3.81. The molecule has 0 aromatic heterocycles. The fourth-order valence-electron chi connectivity index (χ4n) is 2.72. The Morgan fingerprint density at radius 2 is 1.38 bits per heavy atom. The van der Waals surface area contributed by atoms with Crippen LogP contribution in [0.5, 0.6) is 11.5 Å². The molecule has 9 nitrogen and oxygen atoms in total. The summed E-state index contributed by atoms with van der Waals surface area (Å²) in [5.41, 5.74) is 0.778. The van der Waals surface area contributed by atoms with Crippen LogP contribution >= 0.6 is 0 Å². The van der Waals surface area contributed by atoms with Gasteiger partial charge >= 0.3 is 6.09 Å². The van der Waals surface area contributed by atoms with Crippen LogP contribution in [0.1, 0.15) is 37.6 Å². The maximum Gasteiger partial charge on any atom is 0.407 e. The van der Waals surface area contributed by atoms with Gasteiger partial charge in [-0.2, -0.15) is 0 Å². The van der Waals surface area contributed by atoms with Crippen molar-refractivity contribution in [1.29, 1.82) is 0 Å². The lowest BCUT2D eigenvalue weighted by molar-refractivity contribution is -0.116. The van der Waals surface area contributed by atoms with Gasteiger partial charge in [0, 0.05) is 24.3 Å². The summed E-state index contributed by atoms with van der Waals surface area (Å²) < 4.78 is 15.6. The van der Waals surface area contributed by atoms with E-state index in [2.05, 4.69) is 16.0 Å². The highest BCUT2D eigenvalue weighted by atomic mass is 16.6. The SMILES string of the molecule is COc1cccc(OC)c1C(=O)Nc1ccc(NC(=O)CCNC(=O)OC(C)(C)C)cc1. The fraction of sp³-hybridized carbons (Fsp3) is 0.348. The lowest BCUT2D eigenvalue weighted by Crippen LogP contribution is -2.34. The Kier molecular flexibility index (Phi) is 8.46. The lowest BCUT2D eigenvalue weighted by Gasteiger charge is -2.19. The van der Waals surface area contributed by atoms with Crippen molar-refractivity contribution in [2.45, 2.75) is 32.8 Å². The summed E-state index contributed by atoms with van der Waals surface area (Å²) in [5.74, 6) is 0.136. The Bertz CT molecular complexity index is 929. The molecule has 0 heterocycles. The molecule has 2 rings (SSSR count). The molecule has 32 heavy (non-hydrogen) atoms. The van der Waals surface area contributed by atoms with Gasteiger partial charge in [0.15, 0.2) is 0 Å². The number of amides is 3. The molecule has 0 radical (unpaired) electrons. The van der Waals surface area contributed by atoms with Gasteiger partial charge in [-0.25, -0.2) is 4.79 Å². The van der Waals surface area contributed by atoms with E-state index in [-0.39, 0.29) is 30.3 Å². The van der Waals surface area contributed by atoms with Crippen LogP contribution in [0.2, 0.25) is 0 Å². The number of hydrogen-bond donors (Lipinski definition) is 3. The Morgan fingerprint density at radius 1 is 0.844 bits per heavy atom. The molecule has 2 aromatic carbocycles. The van der Waals surface area contributed by atoms with Crippen molar-refractivity contribution < 1.29 is 28.6 Å². The van der Waals surface area contributed by atoms with E-state index in [0.717, 1.165) is 0 Å². The molecule has 0 fully saturated rings. The van der Waals surface area contributed by atoms with E-state index >= 15 is 0 Å². The molecule has 9 heteroatoms. The molecule has 0 aliphatic heterocycles. The second-order valence-electron chi connectivity index (χ2n) is 7.80. The second-order valence-corrected chi connectivity index (χ2v) is 7.80. The van der Waals surface area contributed by atoms with Gasteiger partial charge in [-0.05, 0) is 57.2 Å². The zero-order valence-electron chi connectivity index (χ0n) is 18.9. The van der Waals surface area contributed by atoms with E-state index in [1.165, 1.54) is 14.2 Å². The summed E-state index contributed by atoms with van der Waals surface area (Å²) in [5, 5.41) is 8.04. The van der Waals surface area contributed by atoms with Crippen molar-refractivity contribution >= 4 is 29.3 Å². The highest BCUT2D eigenvalue weighted by Gasteiger charge is 2.18. The number of anilines is 2. The van der Waals surface area contributed by atoms with Crippen molar-refractivity contribution in [2.75, 3.05) is 31.4 Å². The zero-order valence-corrected chi connectivity index (χ0v) is 18.9. The molecule has 3 N–H and O–H groups in total. The van der Waals surface area contributed by atoms with Crippen LogP contribution in [0, 0.1) is 0 Å². The Balaban J connectivity index is 1.89. The first-order valence-corrected chi connectivity index (χ1v) is 10.0. The van der Waals surface area contributed by atoms with Crippen LogP contribution in [0.15, 0.2) is 42.5 Å². The molecule has 0 saturated carbocycles. The van der Waals surface area contributed by atoms with Crippen molar-refractivity contribution in [3.63, 3.8) is 0 Å². The third-order valence-electron chi connectivity index (χ3n) is 4.10. The lowest BCUT2D eigenvalue weighted by atomic mass is 10.1. The normalized spacial score (nSPS) is 10.7. The highest BCUT2D eigenvalue weighted by Crippen LogP contribution is 2.29. The predicted molar refractivity (Wildman–Crippen MR) is 121 cm³/mol. The van der Waals surface area contributed by atoms with Gasteiger partial charge in [0.2, 0.25) is 5.91 Å². The number of carbonyl (C=O) groups excluding carboxylic acids is 3. The third-order valence-corrected chi connectivity index (χ3v) is 4.10. The summed E-state index contributed by atoms with van der Waals surface area (Å²) >= 11 is 0. The number of hydrogen-bond acceptors (Lipinski definition) is 6. The van der Waals surface area contributed by atoms with Gasteiger partial charge in [-0.15, -0.1) is 0 Å². The monoisotopic (exact) mass is 443 g/mol. The largest absolute Gasteiger partial charge is 0.496 e. The van der Waals surface area contributed by atoms with Gasteiger partial charge in [0.1, 0.15) is 22.7 Å². The molecule has 172 valence electrons. The van der Waals surface area contributed by atoms with Crippen LogP contribution in [0.4, 0.5) is 16.2 Å². The van der Waals surface area contributed by atoms with Gasteiger partial charge in [0.25, 0.3) is 5.91 Å². The van der Waals surface area contributed by atoms with Crippen LogP contribution < -0.4 is 25.4 Å². The Hall–Kier alpha value is -3.75. The molecular formula is C23H29N3O6. The summed E-state index contributed by atoms with van der Waals surface area (Å²) in [7, 11) is 2.96. The van der Waals surface area contributed by atoms with Gasteiger partial charge < -0.3 is 30.2 Å². The van der Waals surface area contributed by atoms with Crippen molar-refractivity contribution in [3.05, 3.63) is 48.0 Å². The molecule has 0 aliphatic rings. The molecular weight excluding hydrogens is 414 g/mol. The van der Waals surface area contributed by atoms with Crippen molar-refractivity contribution in [1.82, 2.24) is 5.32 Å². The maximum absolute atomic E-state index is 12.7. The number of alkyl carbamates (subject to hydrolysis) is 1. The number of methoxy groups -OCH3 is 2. The quantitative estimate of drug-likeness (QED) is 0.572. The number of carbonyl (C=O) groups is 3. The smallest absolute Gasteiger partial charge is 0.407 e. The number of benzene rings is 2. The van der Waals surface area contributed by atoms with Crippen LogP contribution in [0.3, 0.4) is 0 Å². The second kappa shape index (κ2) is 11.0. The van der Waals surface area contributed by atoms with E-state index in [4.69, 9.17) is 14.2 Å². The summed E-state index contributed by atoms with van der Waals surface area (Å²) in [6, 6.07) is 11.7. The van der Waals surface area contributed by atoms with E-state index < -0.39 is 11.7 Å².